The van der Waals surface area contributed by atoms with E-state index in [1.165, 1.54) is 0 Å². The standard InChI is InChI=1S/C8H15N5O3S2/c1-3-4-5(9)6(14)10-7-11-12-8(17-7)13-18(2,15)16/h5H,3-4,9H2,1-2H3,(H,12,13)(H,10,11,14). The predicted octanol–water partition coefficient (Wildman–Crippen LogP) is -0.0245. The molecular formula is C8H15N5O3S2. The summed E-state index contributed by atoms with van der Waals surface area (Å²) in [7, 11) is -3.40. The minimum absolute atomic E-state index is 0.0943. The van der Waals surface area contributed by atoms with E-state index in [1.807, 2.05) is 6.92 Å². The number of amides is 1. The minimum Gasteiger partial charge on any atom is -0.320 e. The summed E-state index contributed by atoms with van der Waals surface area (Å²) in [6, 6.07) is -0.606. The minimum atomic E-state index is -3.40. The van der Waals surface area contributed by atoms with Gasteiger partial charge in [0.15, 0.2) is 0 Å². The van der Waals surface area contributed by atoms with Gasteiger partial charge in [-0.25, -0.2) is 8.42 Å². The number of hydrogen-bond acceptors (Lipinski definition) is 7. The summed E-state index contributed by atoms with van der Waals surface area (Å²) < 4.78 is 24.1. The van der Waals surface area contributed by atoms with Crippen LogP contribution >= 0.6 is 11.3 Å². The summed E-state index contributed by atoms with van der Waals surface area (Å²) in [6.07, 6.45) is 2.37. The first-order valence-corrected chi connectivity index (χ1v) is 7.90. The zero-order chi connectivity index (χ0) is 13.8. The molecule has 18 heavy (non-hydrogen) atoms. The van der Waals surface area contributed by atoms with Crippen LogP contribution in [-0.4, -0.2) is 36.8 Å². The zero-order valence-corrected chi connectivity index (χ0v) is 11.6. The first-order chi connectivity index (χ1) is 8.31. The van der Waals surface area contributed by atoms with Crippen LogP contribution in [0.2, 0.25) is 0 Å². The van der Waals surface area contributed by atoms with E-state index in [-0.39, 0.29) is 16.2 Å². The Hall–Kier alpha value is -1.26. The molecule has 0 aliphatic rings. The number of aromatic nitrogens is 2. The third-order valence-electron chi connectivity index (χ3n) is 1.86. The number of nitrogens with one attached hydrogen (secondary N) is 2. The molecule has 4 N–H and O–H groups in total. The Bertz CT molecular complexity index is 513. The van der Waals surface area contributed by atoms with Crippen LogP contribution in [0.5, 0.6) is 0 Å². The maximum atomic E-state index is 11.6. The van der Waals surface area contributed by atoms with Gasteiger partial charge in [0.05, 0.1) is 12.3 Å². The molecule has 102 valence electrons. The van der Waals surface area contributed by atoms with Crippen molar-refractivity contribution in [3.05, 3.63) is 0 Å². The van der Waals surface area contributed by atoms with Crippen molar-refractivity contribution in [3.8, 4) is 0 Å². The quantitative estimate of drug-likeness (QED) is 0.676. The third kappa shape index (κ3) is 4.94. The molecule has 10 heteroatoms. The Labute approximate surface area is 109 Å². The van der Waals surface area contributed by atoms with E-state index in [4.69, 9.17) is 5.73 Å². The Morgan fingerprint density at radius 2 is 2.06 bits per heavy atom. The predicted molar refractivity (Wildman–Crippen MR) is 69.9 cm³/mol. The highest BCUT2D eigenvalue weighted by Crippen LogP contribution is 2.20. The molecule has 0 aliphatic carbocycles. The fourth-order valence-corrected chi connectivity index (χ4v) is 2.59. The molecule has 1 aromatic heterocycles. The number of nitrogens with two attached hydrogens (primary N) is 1. The second kappa shape index (κ2) is 6.07. The van der Waals surface area contributed by atoms with Gasteiger partial charge in [-0.15, -0.1) is 10.2 Å². The van der Waals surface area contributed by atoms with Crippen molar-refractivity contribution in [1.82, 2.24) is 10.2 Å². The largest absolute Gasteiger partial charge is 0.320 e. The number of carbonyl (C=O) groups is 1. The van der Waals surface area contributed by atoms with Gasteiger partial charge in [-0.2, -0.15) is 0 Å². The van der Waals surface area contributed by atoms with Crippen molar-refractivity contribution in [2.45, 2.75) is 25.8 Å². The molecule has 0 fully saturated rings. The molecule has 8 nitrogen and oxygen atoms in total. The molecule has 0 aromatic carbocycles. The smallest absolute Gasteiger partial charge is 0.243 e. The van der Waals surface area contributed by atoms with E-state index in [1.54, 1.807) is 0 Å². The third-order valence-corrected chi connectivity index (χ3v) is 3.31. The second-order valence-corrected chi connectivity index (χ2v) is 6.40. The lowest BCUT2D eigenvalue weighted by Crippen LogP contribution is -2.35. The molecule has 0 radical (unpaired) electrons. The molecule has 1 amide bonds. The number of sulfonamides is 1. The summed E-state index contributed by atoms with van der Waals surface area (Å²) in [5, 5.41) is 10.00. The topological polar surface area (TPSA) is 127 Å². The SMILES string of the molecule is CCCC(N)C(=O)Nc1nnc(NS(C)(=O)=O)s1. The van der Waals surface area contributed by atoms with Gasteiger partial charge in [0.2, 0.25) is 26.2 Å². The van der Waals surface area contributed by atoms with E-state index >= 15 is 0 Å². The lowest BCUT2D eigenvalue weighted by molar-refractivity contribution is -0.117. The van der Waals surface area contributed by atoms with E-state index < -0.39 is 16.1 Å². The van der Waals surface area contributed by atoms with Gasteiger partial charge in [-0.05, 0) is 6.42 Å². The van der Waals surface area contributed by atoms with Gasteiger partial charge in [-0.1, -0.05) is 24.7 Å². The lowest BCUT2D eigenvalue weighted by Gasteiger charge is -2.08. The number of hydrogen-bond donors (Lipinski definition) is 3. The maximum Gasteiger partial charge on any atom is 0.243 e. The van der Waals surface area contributed by atoms with Crippen LogP contribution in [0, 0.1) is 0 Å². The van der Waals surface area contributed by atoms with E-state index in [2.05, 4.69) is 20.2 Å². The monoisotopic (exact) mass is 293 g/mol. The first kappa shape index (κ1) is 14.8. The molecule has 1 aromatic rings. The van der Waals surface area contributed by atoms with Gasteiger partial charge in [-0.3, -0.25) is 14.8 Å². The Morgan fingerprint density at radius 1 is 1.44 bits per heavy atom. The van der Waals surface area contributed by atoms with E-state index in [0.717, 1.165) is 24.0 Å². The zero-order valence-electron chi connectivity index (χ0n) is 10.0. The van der Waals surface area contributed by atoms with Gasteiger partial charge in [0.25, 0.3) is 0 Å². The average molecular weight is 293 g/mol. The fourth-order valence-electron chi connectivity index (χ4n) is 1.11. The second-order valence-electron chi connectivity index (χ2n) is 3.67. The number of rotatable bonds is 6. The number of carbonyl (C=O) groups excluding carboxylic acids is 1. The summed E-state index contributed by atoms with van der Waals surface area (Å²) >= 11 is 0.924. The van der Waals surface area contributed by atoms with Crippen LogP contribution in [0.1, 0.15) is 19.8 Å². The highest BCUT2D eigenvalue weighted by Gasteiger charge is 2.15. The van der Waals surface area contributed by atoms with Crippen molar-refractivity contribution >= 4 is 37.5 Å². The van der Waals surface area contributed by atoms with Crippen LogP contribution in [-0.2, 0) is 14.8 Å². The maximum absolute atomic E-state index is 11.6. The summed E-state index contributed by atoms with van der Waals surface area (Å²) in [6.45, 7) is 1.92. The van der Waals surface area contributed by atoms with Crippen molar-refractivity contribution < 1.29 is 13.2 Å². The lowest BCUT2D eigenvalue weighted by atomic mass is 10.2. The molecule has 0 saturated carbocycles. The van der Waals surface area contributed by atoms with Gasteiger partial charge < -0.3 is 5.73 Å². The molecule has 0 saturated heterocycles. The van der Waals surface area contributed by atoms with Crippen molar-refractivity contribution in [3.63, 3.8) is 0 Å². The fraction of sp³-hybridized carbons (Fsp3) is 0.625. The van der Waals surface area contributed by atoms with Crippen LogP contribution in [0.4, 0.5) is 10.3 Å². The average Bonchev–Trinajstić information content (AvgIpc) is 2.63. The van der Waals surface area contributed by atoms with Crippen LogP contribution in [0.25, 0.3) is 0 Å². The van der Waals surface area contributed by atoms with Crippen LogP contribution < -0.4 is 15.8 Å². The summed E-state index contributed by atoms with van der Waals surface area (Å²) in [5.74, 6) is -0.362. The van der Waals surface area contributed by atoms with Gasteiger partial charge in [0.1, 0.15) is 0 Å². The summed E-state index contributed by atoms with van der Waals surface area (Å²) in [5.41, 5.74) is 5.62. The van der Waals surface area contributed by atoms with Gasteiger partial charge >= 0.3 is 0 Å². The first-order valence-electron chi connectivity index (χ1n) is 5.19. The van der Waals surface area contributed by atoms with Crippen molar-refractivity contribution in [2.75, 3.05) is 16.3 Å². The normalized spacial score (nSPS) is 13.1. The number of anilines is 2. The van der Waals surface area contributed by atoms with Crippen LogP contribution in [0.3, 0.4) is 0 Å². The highest BCUT2D eigenvalue weighted by atomic mass is 32.2. The molecule has 0 aliphatic heterocycles. The number of nitrogens with zero attached hydrogens (tertiary/aromatic N) is 2. The Kier molecular flexibility index (Phi) is 4.99. The molecule has 1 atom stereocenters. The molecular weight excluding hydrogens is 278 g/mol. The van der Waals surface area contributed by atoms with E-state index in [0.29, 0.717) is 6.42 Å². The molecule has 1 unspecified atom stereocenters. The molecule has 1 rings (SSSR count). The van der Waals surface area contributed by atoms with E-state index in [9.17, 15) is 13.2 Å². The van der Waals surface area contributed by atoms with Crippen LogP contribution in [0.15, 0.2) is 0 Å². The van der Waals surface area contributed by atoms with Crippen molar-refractivity contribution in [1.29, 1.82) is 0 Å². The molecule has 0 bridgehead atoms. The van der Waals surface area contributed by atoms with Gasteiger partial charge in [0, 0.05) is 0 Å². The van der Waals surface area contributed by atoms with Crippen molar-refractivity contribution in [2.24, 2.45) is 5.73 Å². The summed E-state index contributed by atoms with van der Waals surface area (Å²) in [4.78, 5) is 11.6. The highest BCUT2D eigenvalue weighted by molar-refractivity contribution is 7.92. The molecule has 0 spiro atoms. The molecule has 1 heterocycles. The Balaban J connectivity index is 2.62. The Morgan fingerprint density at radius 3 is 2.61 bits per heavy atom.